The minimum Gasteiger partial charge on any atom is -0.497 e. The van der Waals surface area contributed by atoms with Gasteiger partial charge in [-0.25, -0.2) is 4.39 Å². The Morgan fingerprint density at radius 3 is 2.62 bits per heavy atom. The second kappa shape index (κ2) is 11.2. The van der Waals surface area contributed by atoms with Gasteiger partial charge in [0.2, 0.25) is 5.91 Å². The SMILES string of the molecule is COc1cccc(-n2c(C)cc([C@H]3[C@@H](c4ccccn4)NC(=S)N3CCC(=O)Nc3ccc(F)cc3)c2C)c1. The standard InChI is InChI=1S/C30H30FN5O2S/c1-19-17-25(20(2)36(19)23-7-6-8-24(18-23)38-3)29-28(26-9-4-5-15-32-26)34-30(39)35(29)16-14-27(37)33-22-12-10-21(31)11-13-22/h4-13,15,17-18,28-29H,14,16H2,1-3H3,(H,33,37)(H,34,39)/t28-,29+/m1/s1. The third-order valence-electron chi connectivity index (χ3n) is 7.01. The highest BCUT2D eigenvalue weighted by atomic mass is 32.1. The Balaban J connectivity index is 1.47. The van der Waals surface area contributed by atoms with Crippen LogP contribution in [0, 0.1) is 19.7 Å². The van der Waals surface area contributed by atoms with Gasteiger partial charge in [0.15, 0.2) is 5.11 Å². The molecule has 7 nitrogen and oxygen atoms in total. The number of methoxy groups -OCH3 is 1. The summed E-state index contributed by atoms with van der Waals surface area (Å²) < 4.78 is 20.9. The predicted octanol–water partition coefficient (Wildman–Crippen LogP) is 5.64. The van der Waals surface area contributed by atoms with Gasteiger partial charge in [0.05, 0.1) is 24.9 Å². The van der Waals surface area contributed by atoms with E-state index in [0.717, 1.165) is 34.1 Å². The Bertz CT molecular complexity index is 1490. The monoisotopic (exact) mass is 543 g/mol. The molecule has 2 N–H and O–H groups in total. The lowest BCUT2D eigenvalue weighted by Gasteiger charge is -2.28. The van der Waals surface area contributed by atoms with E-state index in [9.17, 15) is 9.18 Å². The molecule has 200 valence electrons. The first-order valence-corrected chi connectivity index (χ1v) is 13.1. The maximum absolute atomic E-state index is 13.3. The van der Waals surface area contributed by atoms with Crippen LogP contribution in [0.4, 0.5) is 10.1 Å². The molecule has 0 radical (unpaired) electrons. The molecule has 1 fully saturated rings. The number of aromatic nitrogens is 2. The zero-order valence-corrected chi connectivity index (χ0v) is 22.8. The third kappa shape index (κ3) is 5.49. The zero-order chi connectivity index (χ0) is 27.5. The van der Waals surface area contributed by atoms with Crippen molar-refractivity contribution < 1.29 is 13.9 Å². The lowest BCUT2D eigenvalue weighted by atomic mass is 9.96. The number of hydrogen-bond donors (Lipinski definition) is 2. The number of thiocarbonyl (C=S) groups is 1. The van der Waals surface area contributed by atoms with Crippen LogP contribution >= 0.6 is 12.2 Å². The van der Waals surface area contributed by atoms with Gasteiger partial charge < -0.3 is 24.8 Å². The number of carbonyl (C=O) groups excluding carboxylic acids is 1. The first kappa shape index (κ1) is 26.4. The van der Waals surface area contributed by atoms with Gasteiger partial charge in [0, 0.05) is 48.0 Å². The van der Waals surface area contributed by atoms with Crippen molar-refractivity contribution in [2.45, 2.75) is 32.4 Å². The van der Waals surface area contributed by atoms with Gasteiger partial charge in [0.25, 0.3) is 0 Å². The van der Waals surface area contributed by atoms with Gasteiger partial charge in [-0.2, -0.15) is 0 Å². The summed E-state index contributed by atoms with van der Waals surface area (Å²) in [5.41, 5.74) is 5.66. The summed E-state index contributed by atoms with van der Waals surface area (Å²) in [4.78, 5) is 19.5. The van der Waals surface area contributed by atoms with Gasteiger partial charge in [-0.05, 0) is 86.2 Å². The molecule has 5 rings (SSSR count). The first-order chi connectivity index (χ1) is 18.9. The zero-order valence-electron chi connectivity index (χ0n) is 22.0. The topological polar surface area (TPSA) is 71.4 Å². The summed E-state index contributed by atoms with van der Waals surface area (Å²) in [7, 11) is 1.66. The van der Waals surface area contributed by atoms with E-state index in [1.165, 1.54) is 12.1 Å². The fourth-order valence-corrected chi connectivity index (χ4v) is 5.53. The number of ether oxygens (including phenoxy) is 1. The number of hydrogen-bond acceptors (Lipinski definition) is 4. The second-order valence-corrected chi connectivity index (χ2v) is 9.88. The highest BCUT2D eigenvalue weighted by Gasteiger charge is 2.41. The van der Waals surface area contributed by atoms with Crippen LogP contribution in [-0.4, -0.2) is 39.1 Å². The Morgan fingerprint density at radius 2 is 1.90 bits per heavy atom. The Hall–Kier alpha value is -4.24. The van der Waals surface area contributed by atoms with Gasteiger partial charge in [-0.3, -0.25) is 9.78 Å². The number of anilines is 1. The molecule has 1 saturated heterocycles. The summed E-state index contributed by atoms with van der Waals surface area (Å²) in [5, 5.41) is 6.86. The van der Waals surface area contributed by atoms with Crippen molar-refractivity contribution >= 4 is 28.9 Å². The van der Waals surface area contributed by atoms with Crippen LogP contribution < -0.4 is 15.4 Å². The molecule has 0 bridgehead atoms. The molecule has 1 aliphatic heterocycles. The van der Waals surface area contributed by atoms with Crippen molar-refractivity contribution in [3.8, 4) is 11.4 Å². The first-order valence-electron chi connectivity index (χ1n) is 12.7. The van der Waals surface area contributed by atoms with Crippen LogP contribution in [0.25, 0.3) is 5.69 Å². The molecule has 1 amide bonds. The van der Waals surface area contributed by atoms with Crippen LogP contribution in [0.2, 0.25) is 0 Å². The lowest BCUT2D eigenvalue weighted by Crippen LogP contribution is -2.32. The normalized spacial score (nSPS) is 16.7. The summed E-state index contributed by atoms with van der Waals surface area (Å²) in [6.45, 7) is 4.57. The van der Waals surface area contributed by atoms with Crippen LogP contribution in [0.3, 0.4) is 0 Å². The van der Waals surface area contributed by atoms with Crippen LogP contribution in [0.15, 0.2) is 79.0 Å². The third-order valence-corrected chi connectivity index (χ3v) is 7.36. The van der Waals surface area contributed by atoms with E-state index in [0.29, 0.717) is 17.3 Å². The van der Waals surface area contributed by atoms with E-state index in [2.05, 4.69) is 51.1 Å². The van der Waals surface area contributed by atoms with E-state index in [4.69, 9.17) is 17.0 Å². The van der Waals surface area contributed by atoms with Crippen molar-refractivity contribution in [2.75, 3.05) is 19.0 Å². The van der Waals surface area contributed by atoms with E-state index in [1.54, 1.807) is 25.4 Å². The maximum atomic E-state index is 13.3. The fraction of sp³-hybridized carbons (Fsp3) is 0.233. The number of halogens is 1. The van der Waals surface area contributed by atoms with Gasteiger partial charge in [0.1, 0.15) is 11.6 Å². The van der Waals surface area contributed by atoms with E-state index in [1.807, 2.05) is 36.4 Å². The summed E-state index contributed by atoms with van der Waals surface area (Å²) in [5.74, 6) is 0.258. The molecular weight excluding hydrogens is 513 g/mol. The fourth-order valence-electron chi connectivity index (χ4n) is 5.20. The Labute approximate surface area is 232 Å². The van der Waals surface area contributed by atoms with Crippen LogP contribution in [0.5, 0.6) is 5.75 Å². The molecule has 39 heavy (non-hydrogen) atoms. The molecule has 9 heteroatoms. The van der Waals surface area contributed by atoms with Gasteiger partial charge in [-0.15, -0.1) is 0 Å². The Kier molecular flexibility index (Phi) is 7.60. The molecule has 0 unspecified atom stereocenters. The molecule has 0 saturated carbocycles. The second-order valence-electron chi connectivity index (χ2n) is 9.49. The predicted molar refractivity (Wildman–Crippen MR) is 154 cm³/mol. The van der Waals surface area contributed by atoms with Crippen molar-refractivity contribution in [1.82, 2.24) is 19.8 Å². The number of benzene rings is 2. The number of carbonyl (C=O) groups is 1. The van der Waals surface area contributed by atoms with Crippen molar-refractivity contribution in [3.05, 3.63) is 107 Å². The molecule has 2 aromatic carbocycles. The van der Waals surface area contributed by atoms with E-state index in [-0.39, 0.29) is 30.2 Å². The van der Waals surface area contributed by atoms with Crippen molar-refractivity contribution in [3.63, 3.8) is 0 Å². The number of rotatable bonds is 8. The van der Waals surface area contributed by atoms with Crippen molar-refractivity contribution in [1.29, 1.82) is 0 Å². The highest BCUT2D eigenvalue weighted by Crippen LogP contribution is 2.41. The van der Waals surface area contributed by atoms with E-state index >= 15 is 0 Å². The maximum Gasteiger partial charge on any atom is 0.226 e. The summed E-state index contributed by atoms with van der Waals surface area (Å²) in [6.07, 6.45) is 1.98. The molecular formula is C30H30FN5O2S. The molecule has 2 atom stereocenters. The smallest absolute Gasteiger partial charge is 0.226 e. The number of amides is 1. The molecule has 2 aromatic heterocycles. The van der Waals surface area contributed by atoms with Crippen molar-refractivity contribution in [2.24, 2.45) is 0 Å². The minimum absolute atomic E-state index is 0.175. The van der Waals surface area contributed by atoms with Crippen LogP contribution in [0.1, 0.15) is 41.1 Å². The largest absolute Gasteiger partial charge is 0.497 e. The summed E-state index contributed by atoms with van der Waals surface area (Å²) in [6, 6.07) is 21.3. The average molecular weight is 544 g/mol. The number of pyridine rings is 1. The highest BCUT2D eigenvalue weighted by molar-refractivity contribution is 7.80. The molecule has 1 aliphatic rings. The van der Waals surface area contributed by atoms with Crippen LogP contribution in [-0.2, 0) is 4.79 Å². The molecule has 0 spiro atoms. The average Bonchev–Trinajstić information content (AvgIpc) is 3.43. The molecule has 3 heterocycles. The van der Waals surface area contributed by atoms with Gasteiger partial charge in [-0.1, -0.05) is 12.1 Å². The molecule has 0 aliphatic carbocycles. The van der Waals surface area contributed by atoms with Gasteiger partial charge >= 0.3 is 0 Å². The summed E-state index contributed by atoms with van der Waals surface area (Å²) >= 11 is 5.79. The number of aryl methyl sites for hydroxylation is 1. The van der Waals surface area contributed by atoms with E-state index < -0.39 is 0 Å². The quantitative estimate of drug-likeness (QED) is 0.281. The number of nitrogens with one attached hydrogen (secondary N) is 2. The minimum atomic E-state index is -0.351. The lowest BCUT2D eigenvalue weighted by molar-refractivity contribution is -0.116. The Morgan fingerprint density at radius 1 is 1.10 bits per heavy atom. The number of nitrogens with zero attached hydrogens (tertiary/aromatic N) is 3. The molecule has 4 aromatic rings.